The molecule has 4 heterocycles. The van der Waals surface area contributed by atoms with Gasteiger partial charge in [0.25, 0.3) is 11.8 Å². The first-order valence-corrected chi connectivity index (χ1v) is 13.0. The van der Waals surface area contributed by atoms with Crippen molar-refractivity contribution >= 4 is 58.5 Å². The van der Waals surface area contributed by atoms with E-state index in [0.717, 1.165) is 55.1 Å². The number of hydrogen-bond acceptors (Lipinski definition) is 4. The summed E-state index contributed by atoms with van der Waals surface area (Å²) in [7, 11) is 0. The zero-order chi connectivity index (χ0) is 23.7. The molecule has 0 saturated carbocycles. The summed E-state index contributed by atoms with van der Waals surface area (Å²) in [6.45, 7) is 2.08. The van der Waals surface area contributed by atoms with E-state index in [2.05, 4.69) is 14.7 Å². The molecule has 5 rings (SSSR count). The molecule has 2 amide bonds. The van der Waals surface area contributed by atoms with Crippen LogP contribution < -0.4 is 5.32 Å². The van der Waals surface area contributed by atoms with Crippen LogP contribution in [0.15, 0.2) is 52.5 Å². The summed E-state index contributed by atoms with van der Waals surface area (Å²) in [6.07, 6.45) is 7.55. The highest BCUT2D eigenvalue weighted by Gasteiger charge is 2.25. The number of pyridine rings is 1. The lowest BCUT2D eigenvalue weighted by Crippen LogP contribution is -2.38. The van der Waals surface area contributed by atoms with Crippen molar-refractivity contribution in [1.29, 1.82) is 0 Å². The zero-order valence-corrected chi connectivity index (χ0v) is 20.8. The highest BCUT2D eigenvalue weighted by Crippen LogP contribution is 2.34. The molecule has 0 atom stereocenters. The lowest BCUT2D eigenvalue weighted by atomic mass is 9.92. The molecule has 176 valence electrons. The van der Waals surface area contributed by atoms with Crippen LogP contribution in [0.25, 0.3) is 11.7 Å². The van der Waals surface area contributed by atoms with E-state index in [0.29, 0.717) is 33.0 Å². The number of hydrogen-bond donors (Lipinski definition) is 1. The van der Waals surface area contributed by atoms with Crippen LogP contribution in [0.1, 0.15) is 41.7 Å². The predicted molar refractivity (Wildman–Crippen MR) is 136 cm³/mol. The molecular formula is C25H24Cl2N4O2S. The van der Waals surface area contributed by atoms with E-state index in [4.69, 9.17) is 23.2 Å². The number of rotatable bonds is 6. The van der Waals surface area contributed by atoms with E-state index in [9.17, 15) is 9.59 Å². The first-order valence-electron chi connectivity index (χ1n) is 11.4. The highest BCUT2D eigenvalue weighted by molar-refractivity contribution is 8.04. The Kier molecular flexibility index (Phi) is 6.86. The van der Waals surface area contributed by atoms with E-state index in [1.807, 2.05) is 29.2 Å². The summed E-state index contributed by atoms with van der Waals surface area (Å²) in [5, 5.41) is 4.97. The Labute approximate surface area is 212 Å². The Bertz CT molecular complexity index is 1280. The second kappa shape index (κ2) is 10.0. The number of amides is 2. The first-order chi connectivity index (χ1) is 16.5. The van der Waals surface area contributed by atoms with Gasteiger partial charge in [0, 0.05) is 24.7 Å². The number of halogens is 2. The number of likely N-dealkylation sites (tertiary alicyclic amines) is 1. The van der Waals surface area contributed by atoms with Gasteiger partial charge in [-0.05, 0) is 68.0 Å². The molecular weight excluding hydrogens is 491 g/mol. The standard InChI is InChI=1S/C25H24Cl2N4O2S/c26-17-6-7-19(20(27)13-17)25(33)30-11-8-16(9-12-30)3-2-10-28-24(32)21-14-18-15-29-22-4-1-5-23(34-21)31(18)22/h1,4-7,13-16H,2-3,8-12H2,(H,28,32). The average molecular weight is 515 g/mol. The van der Waals surface area contributed by atoms with E-state index in [1.54, 1.807) is 24.4 Å². The van der Waals surface area contributed by atoms with Gasteiger partial charge in [0.15, 0.2) is 0 Å². The van der Waals surface area contributed by atoms with E-state index in [1.165, 1.54) is 11.8 Å². The molecule has 6 nitrogen and oxygen atoms in total. The molecule has 34 heavy (non-hydrogen) atoms. The summed E-state index contributed by atoms with van der Waals surface area (Å²) in [6, 6.07) is 10.9. The maximum Gasteiger partial charge on any atom is 0.258 e. The molecule has 3 aromatic rings. The molecule has 0 radical (unpaired) electrons. The molecule has 2 aliphatic rings. The number of nitrogens with one attached hydrogen (secondary N) is 1. The lowest BCUT2D eigenvalue weighted by Gasteiger charge is -2.32. The number of thioether (sulfide) groups is 1. The summed E-state index contributed by atoms with van der Waals surface area (Å²) >= 11 is 13.6. The normalized spacial score (nSPS) is 15.9. The molecule has 2 aromatic heterocycles. The Morgan fingerprint density at radius 2 is 1.97 bits per heavy atom. The number of carbonyl (C=O) groups excluding carboxylic acids is 2. The van der Waals surface area contributed by atoms with Gasteiger partial charge in [-0.25, -0.2) is 4.98 Å². The number of aromatic nitrogens is 2. The monoisotopic (exact) mass is 514 g/mol. The molecule has 2 aliphatic heterocycles. The fourth-order valence-electron chi connectivity index (χ4n) is 4.54. The third-order valence-electron chi connectivity index (χ3n) is 6.38. The van der Waals surface area contributed by atoms with E-state index >= 15 is 0 Å². The number of piperidine rings is 1. The van der Waals surface area contributed by atoms with Crippen molar-refractivity contribution in [3.63, 3.8) is 0 Å². The molecule has 1 N–H and O–H groups in total. The fraction of sp³-hybridized carbons (Fsp3) is 0.320. The van der Waals surface area contributed by atoms with E-state index < -0.39 is 0 Å². The molecule has 0 unspecified atom stereocenters. The van der Waals surface area contributed by atoms with Crippen LogP contribution in [0, 0.1) is 5.92 Å². The van der Waals surface area contributed by atoms with Crippen molar-refractivity contribution in [2.24, 2.45) is 5.92 Å². The van der Waals surface area contributed by atoms with Crippen molar-refractivity contribution in [3.05, 3.63) is 68.8 Å². The van der Waals surface area contributed by atoms with Crippen molar-refractivity contribution in [2.75, 3.05) is 19.6 Å². The SMILES string of the molecule is O=C(NCCCC1CCN(C(=O)c2ccc(Cl)cc2Cl)CC1)C1=Cc2cnc3cccc(n23)S1. The van der Waals surface area contributed by atoms with Crippen LogP contribution in [-0.4, -0.2) is 45.7 Å². The van der Waals surface area contributed by atoms with Gasteiger partial charge in [-0.2, -0.15) is 0 Å². The number of imidazole rings is 1. The number of carbonyl (C=O) groups is 2. The number of nitrogens with zero attached hydrogens (tertiary/aromatic N) is 3. The molecule has 1 fully saturated rings. The van der Waals surface area contributed by atoms with Crippen LogP contribution in [0.2, 0.25) is 10.0 Å². The van der Waals surface area contributed by atoms with Crippen LogP contribution in [-0.2, 0) is 4.79 Å². The molecule has 0 spiro atoms. The van der Waals surface area contributed by atoms with Gasteiger partial charge in [0.1, 0.15) is 5.65 Å². The molecule has 1 saturated heterocycles. The van der Waals surface area contributed by atoms with Gasteiger partial charge in [0.05, 0.1) is 32.4 Å². The number of benzene rings is 1. The third-order valence-corrected chi connectivity index (χ3v) is 7.97. The molecule has 9 heteroatoms. The summed E-state index contributed by atoms with van der Waals surface area (Å²) in [5.74, 6) is 0.467. The Balaban J connectivity index is 1.06. The van der Waals surface area contributed by atoms with Gasteiger partial charge in [-0.1, -0.05) is 41.0 Å². The highest BCUT2D eigenvalue weighted by atomic mass is 35.5. The fourth-order valence-corrected chi connectivity index (χ4v) is 6.03. The van der Waals surface area contributed by atoms with Crippen molar-refractivity contribution < 1.29 is 9.59 Å². The van der Waals surface area contributed by atoms with Crippen LogP contribution >= 0.6 is 35.0 Å². The Morgan fingerprint density at radius 3 is 2.76 bits per heavy atom. The quantitative estimate of drug-likeness (QED) is 0.438. The topological polar surface area (TPSA) is 66.7 Å². The van der Waals surface area contributed by atoms with Gasteiger partial charge in [-0.15, -0.1) is 0 Å². The Hall–Kier alpha value is -2.48. The van der Waals surface area contributed by atoms with Gasteiger partial charge >= 0.3 is 0 Å². The van der Waals surface area contributed by atoms with Crippen LogP contribution in [0.3, 0.4) is 0 Å². The largest absolute Gasteiger partial charge is 0.352 e. The molecule has 0 bridgehead atoms. The second-order valence-corrected chi connectivity index (χ2v) is 10.5. The predicted octanol–water partition coefficient (Wildman–Crippen LogP) is 5.54. The van der Waals surface area contributed by atoms with Crippen molar-refractivity contribution in [1.82, 2.24) is 19.6 Å². The van der Waals surface area contributed by atoms with Crippen molar-refractivity contribution in [3.8, 4) is 0 Å². The minimum absolute atomic E-state index is 0.0392. The smallest absolute Gasteiger partial charge is 0.258 e. The van der Waals surface area contributed by atoms with Crippen LogP contribution in [0.4, 0.5) is 0 Å². The van der Waals surface area contributed by atoms with E-state index in [-0.39, 0.29) is 11.8 Å². The maximum absolute atomic E-state index is 12.8. The average Bonchev–Trinajstić information content (AvgIpc) is 3.26. The summed E-state index contributed by atoms with van der Waals surface area (Å²) in [5.41, 5.74) is 2.32. The maximum atomic E-state index is 12.8. The first kappa shape index (κ1) is 23.3. The third kappa shape index (κ3) is 4.83. The minimum Gasteiger partial charge on any atom is -0.352 e. The second-order valence-electron chi connectivity index (χ2n) is 8.61. The van der Waals surface area contributed by atoms with Gasteiger partial charge in [0.2, 0.25) is 0 Å². The molecule has 0 aliphatic carbocycles. The minimum atomic E-state index is -0.0466. The van der Waals surface area contributed by atoms with Gasteiger partial charge < -0.3 is 10.2 Å². The Morgan fingerprint density at radius 1 is 1.15 bits per heavy atom. The molecule has 1 aromatic carbocycles. The van der Waals surface area contributed by atoms with Gasteiger partial charge in [-0.3, -0.25) is 14.0 Å². The van der Waals surface area contributed by atoms with Crippen LogP contribution in [0.5, 0.6) is 0 Å². The zero-order valence-electron chi connectivity index (χ0n) is 18.5. The lowest BCUT2D eigenvalue weighted by molar-refractivity contribution is -0.116. The summed E-state index contributed by atoms with van der Waals surface area (Å²) in [4.78, 5) is 32.4. The summed E-state index contributed by atoms with van der Waals surface area (Å²) < 4.78 is 2.05. The van der Waals surface area contributed by atoms with Crippen molar-refractivity contribution in [2.45, 2.75) is 30.7 Å².